The van der Waals surface area contributed by atoms with E-state index in [0.29, 0.717) is 12.0 Å². The van der Waals surface area contributed by atoms with E-state index in [-0.39, 0.29) is 6.10 Å². The number of para-hydroxylation sites is 1. The van der Waals surface area contributed by atoms with Crippen molar-refractivity contribution < 1.29 is 5.11 Å². The first-order valence-corrected chi connectivity index (χ1v) is 11.0. The first-order valence-electron chi connectivity index (χ1n) is 8.72. The standard InChI is InChI=1S/C19H24N2OS2/c22-19-11-21(17-12-23-7-8-24-13-17)10-15(19)9-16-6-5-14-3-1-2-4-18(14)20-16/h1-6,15,17,19,22H,7-13H2/t15-,19-/m1/s1. The van der Waals surface area contributed by atoms with E-state index in [9.17, 15) is 5.11 Å². The van der Waals surface area contributed by atoms with Crippen molar-refractivity contribution >= 4 is 34.4 Å². The third-order valence-electron chi connectivity index (χ3n) is 5.07. The van der Waals surface area contributed by atoms with Gasteiger partial charge in [-0.05, 0) is 18.6 Å². The maximum atomic E-state index is 10.6. The number of rotatable bonds is 3. The van der Waals surface area contributed by atoms with Gasteiger partial charge < -0.3 is 5.11 Å². The average molecular weight is 361 g/mol. The molecule has 0 aliphatic carbocycles. The molecule has 2 aromatic rings. The molecular formula is C19H24N2OS2. The van der Waals surface area contributed by atoms with Crippen LogP contribution in [0.4, 0.5) is 0 Å². The number of thioether (sulfide) groups is 2. The average Bonchev–Trinajstić information content (AvgIpc) is 2.81. The number of benzene rings is 1. The number of hydrogen-bond acceptors (Lipinski definition) is 5. The summed E-state index contributed by atoms with van der Waals surface area (Å²) in [5.41, 5.74) is 2.15. The summed E-state index contributed by atoms with van der Waals surface area (Å²) in [6.07, 6.45) is 0.645. The molecule has 0 amide bonds. The van der Waals surface area contributed by atoms with Gasteiger partial charge >= 0.3 is 0 Å². The normalized spacial score (nSPS) is 26.7. The Hall–Kier alpha value is -0.750. The van der Waals surface area contributed by atoms with Gasteiger partial charge in [0.2, 0.25) is 0 Å². The van der Waals surface area contributed by atoms with Crippen molar-refractivity contribution in [2.45, 2.75) is 18.6 Å². The summed E-state index contributed by atoms with van der Waals surface area (Å²) in [5.74, 6) is 5.25. The highest BCUT2D eigenvalue weighted by atomic mass is 32.2. The minimum atomic E-state index is -0.225. The Balaban J connectivity index is 1.43. The van der Waals surface area contributed by atoms with Gasteiger partial charge in [-0.3, -0.25) is 9.88 Å². The fourth-order valence-corrected chi connectivity index (χ4v) is 6.32. The first kappa shape index (κ1) is 16.7. The van der Waals surface area contributed by atoms with Crippen LogP contribution in [0.15, 0.2) is 36.4 Å². The smallest absolute Gasteiger partial charge is 0.0711 e. The van der Waals surface area contributed by atoms with Crippen LogP contribution in [-0.2, 0) is 6.42 Å². The van der Waals surface area contributed by atoms with Crippen LogP contribution >= 0.6 is 23.5 Å². The molecular weight excluding hydrogens is 336 g/mol. The van der Waals surface area contributed by atoms with Crippen LogP contribution in [0, 0.1) is 5.92 Å². The largest absolute Gasteiger partial charge is 0.391 e. The minimum absolute atomic E-state index is 0.225. The lowest BCUT2D eigenvalue weighted by molar-refractivity contribution is 0.138. The van der Waals surface area contributed by atoms with E-state index in [0.717, 1.165) is 30.7 Å². The molecule has 0 radical (unpaired) electrons. The Morgan fingerprint density at radius 2 is 1.83 bits per heavy atom. The first-order chi connectivity index (χ1) is 11.8. The number of pyridine rings is 1. The monoisotopic (exact) mass is 360 g/mol. The molecule has 1 aromatic heterocycles. The quantitative estimate of drug-likeness (QED) is 0.911. The molecule has 0 saturated carbocycles. The maximum Gasteiger partial charge on any atom is 0.0711 e. The van der Waals surface area contributed by atoms with Gasteiger partial charge in [-0.15, -0.1) is 0 Å². The van der Waals surface area contributed by atoms with Crippen molar-refractivity contribution in [3.63, 3.8) is 0 Å². The van der Waals surface area contributed by atoms with E-state index < -0.39 is 0 Å². The molecule has 128 valence electrons. The summed E-state index contributed by atoms with van der Waals surface area (Å²) < 4.78 is 0. The Kier molecular flexibility index (Phi) is 5.32. The number of nitrogens with zero attached hydrogens (tertiary/aromatic N) is 2. The number of hydrogen-bond donors (Lipinski definition) is 1. The summed E-state index contributed by atoms with van der Waals surface area (Å²) in [6, 6.07) is 13.1. The van der Waals surface area contributed by atoms with Crippen molar-refractivity contribution in [1.82, 2.24) is 9.88 Å². The van der Waals surface area contributed by atoms with Crippen molar-refractivity contribution in [1.29, 1.82) is 0 Å². The van der Waals surface area contributed by atoms with Gasteiger partial charge in [0, 0.05) is 59.1 Å². The van der Waals surface area contributed by atoms with Crippen molar-refractivity contribution in [2.24, 2.45) is 5.92 Å². The maximum absolute atomic E-state index is 10.6. The fourth-order valence-electron chi connectivity index (χ4n) is 3.69. The fraction of sp³-hybridized carbons (Fsp3) is 0.526. The van der Waals surface area contributed by atoms with E-state index in [1.54, 1.807) is 0 Å². The summed E-state index contributed by atoms with van der Waals surface area (Å²) in [6.45, 7) is 1.82. The van der Waals surface area contributed by atoms with Crippen molar-refractivity contribution in [3.05, 3.63) is 42.1 Å². The number of β-amino-alcohol motifs (C(OH)–C–C–N with tert-alkyl or cyclic N) is 1. The summed E-state index contributed by atoms with van der Waals surface area (Å²) in [5, 5.41) is 11.7. The molecule has 3 nitrogen and oxygen atoms in total. The van der Waals surface area contributed by atoms with E-state index >= 15 is 0 Å². The summed E-state index contributed by atoms with van der Waals surface area (Å²) >= 11 is 4.12. The molecule has 0 spiro atoms. The van der Waals surface area contributed by atoms with E-state index in [4.69, 9.17) is 4.98 Å². The molecule has 2 aliphatic rings. The predicted octanol–water partition coefficient (Wildman–Crippen LogP) is 2.92. The number of likely N-dealkylation sites (tertiary alicyclic amines) is 1. The lowest BCUT2D eigenvalue weighted by atomic mass is 9.99. The van der Waals surface area contributed by atoms with Crippen LogP contribution in [0.3, 0.4) is 0 Å². The van der Waals surface area contributed by atoms with Crippen LogP contribution < -0.4 is 0 Å². The highest BCUT2D eigenvalue weighted by Gasteiger charge is 2.35. The van der Waals surface area contributed by atoms with Crippen molar-refractivity contribution in [3.8, 4) is 0 Å². The molecule has 2 fully saturated rings. The third-order valence-corrected chi connectivity index (χ3v) is 7.56. The number of aliphatic hydroxyl groups excluding tert-OH is 1. The lowest BCUT2D eigenvalue weighted by Crippen LogP contribution is -2.37. The van der Waals surface area contributed by atoms with Gasteiger partial charge in [-0.2, -0.15) is 23.5 Å². The molecule has 2 saturated heterocycles. The van der Waals surface area contributed by atoms with E-state index in [1.807, 2.05) is 12.1 Å². The molecule has 24 heavy (non-hydrogen) atoms. The second-order valence-corrected chi connectivity index (χ2v) is 9.08. The Bertz CT molecular complexity index is 688. The molecule has 2 atom stereocenters. The zero-order chi connectivity index (χ0) is 16.4. The van der Waals surface area contributed by atoms with Crippen molar-refractivity contribution in [2.75, 3.05) is 36.1 Å². The highest BCUT2D eigenvalue weighted by molar-refractivity contribution is 8.03. The van der Waals surface area contributed by atoms with Gasteiger partial charge in [-0.25, -0.2) is 0 Å². The number of aromatic nitrogens is 1. The number of fused-ring (bicyclic) bond motifs is 1. The molecule has 1 N–H and O–H groups in total. The molecule has 0 bridgehead atoms. The predicted molar refractivity (Wildman–Crippen MR) is 105 cm³/mol. The van der Waals surface area contributed by atoms with Gasteiger partial charge in [0.15, 0.2) is 0 Å². The van der Waals surface area contributed by atoms with E-state index in [1.165, 1.54) is 28.4 Å². The zero-order valence-corrected chi connectivity index (χ0v) is 15.4. The van der Waals surface area contributed by atoms with Gasteiger partial charge in [-0.1, -0.05) is 24.3 Å². The molecule has 2 aliphatic heterocycles. The van der Waals surface area contributed by atoms with Crippen LogP contribution in [0.5, 0.6) is 0 Å². The van der Waals surface area contributed by atoms with Gasteiger partial charge in [0.1, 0.15) is 0 Å². The third kappa shape index (κ3) is 3.74. The minimum Gasteiger partial charge on any atom is -0.391 e. The Morgan fingerprint density at radius 3 is 2.67 bits per heavy atom. The molecule has 4 rings (SSSR count). The SMILES string of the molecule is O[C@@H]1CN(C2CSCCSC2)C[C@H]1Cc1ccc2ccccc2n1. The number of aliphatic hydroxyl groups is 1. The van der Waals surface area contributed by atoms with Gasteiger partial charge in [0.25, 0.3) is 0 Å². The topological polar surface area (TPSA) is 36.4 Å². The Labute approximate surface area is 152 Å². The zero-order valence-electron chi connectivity index (χ0n) is 13.8. The van der Waals surface area contributed by atoms with Gasteiger partial charge in [0.05, 0.1) is 11.6 Å². The second kappa shape index (κ2) is 7.65. The highest BCUT2D eigenvalue weighted by Crippen LogP contribution is 2.28. The molecule has 5 heteroatoms. The second-order valence-electron chi connectivity index (χ2n) is 6.78. The summed E-state index contributed by atoms with van der Waals surface area (Å²) in [4.78, 5) is 7.30. The lowest BCUT2D eigenvalue weighted by Gasteiger charge is -2.25. The molecule has 3 heterocycles. The van der Waals surface area contributed by atoms with Crippen LogP contribution in [0.2, 0.25) is 0 Å². The summed E-state index contributed by atoms with van der Waals surface area (Å²) in [7, 11) is 0. The van der Waals surface area contributed by atoms with Crippen LogP contribution in [0.25, 0.3) is 10.9 Å². The molecule has 0 unspecified atom stereocenters. The molecule has 1 aromatic carbocycles. The van der Waals surface area contributed by atoms with E-state index in [2.05, 4.69) is 52.7 Å². The van der Waals surface area contributed by atoms with Crippen LogP contribution in [-0.4, -0.2) is 63.2 Å². The Morgan fingerprint density at radius 1 is 1.04 bits per heavy atom. The van der Waals surface area contributed by atoms with Crippen LogP contribution in [0.1, 0.15) is 5.69 Å².